The zero-order chi connectivity index (χ0) is 11.1. The van der Waals surface area contributed by atoms with Crippen molar-refractivity contribution in [1.82, 2.24) is 9.38 Å². The summed E-state index contributed by atoms with van der Waals surface area (Å²) in [6, 6.07) is 5.32. The molecule has 0 N–H and O–H groups in total. The van der Waals surface area contributed by atoms with Crippen LogP contribution >= 0.6 is 23.2 Å². The lowest BCUT2D eigenvalue weighted by Gasteiger charge is -1.95. The highest BCUT2D eigenvalue weighted by Crippen LogP contribution is 2.25. The van der Waals surface area contributed by atoms with Crippen molar-refractivity contribution in [2.24, 2.45) is 0 Å². The summed E-state index contributed by atoms with van der Waals surface area (Å²) in [5.41, 5.74) is 1.40. The molecule has 5 heteroatoms. The lowest BCUT2D eigenvalue weighted by Crippen LogP contribution is -1.82. The second kappa shape index (κ2) is 3.54. The molecular weight excluding hydrogens is 247 g/mol. The molecule has 0 bridgehead atoms. The number of pyridine rings is 1. The number of nitrogens with zero attached hydrogens (tertiary/aromatic N) is 2. The first-order valence-corrected chi connectivity index (χ1v) is 5.37. The van der Waals surface area contributed by atoms with E-state index in [2.05, 4.69) is 4.98 Å². The number of furan rings is 1. The van der Waals surface area contributed by atoms with Crippen molar-refractivity contribution in [1.29, 1.82) is 0 Å². The van der Waals surface area contributed by atoms with Gasteiger partial charge >= 0.3 is 0 Å². The van der Waals surface area contributed by atoms with E-state index in [0.717, 1.165) is 5.69 Å². The van der Waals surface area contributed by atoms with Gasteiger partial charge in [0.05, 0.1) is 16.3 Å². The summed E-state index contributed by atoms with van der Waals surface area (Å²) < 4.78 is 7.05. The van der Waals surface area contributed by atoms with Crippen LogP contribution in [0.5, 0.6) is 0 Å². The van der Waals surface area contributed by atoms with Crippen LogP contribution in [0.3, 0.4) is 0 Å². The van der Waals surface area contributed by atoms with E-state index < -0.39 is 0 Å². The average Bonchev–Trinajstić information content (AvgIpc) is 2.82. The number of hydrogen-bond acceptors (Lipinski definition) is 2. The Bertz CT molecular complexity index is 643. The molecule has 3 aromatic rings. The van der Waals surface area contributed by atoms with Crippen molar-refractivity contribution in [3.63, 3.8) is 0 Å². The zero-order valence-corrected chi connectivity index (χ0v) is 9.53. The van der Waals surface area contributed by atoms with Crippen LogP contribution in [-0.4, -0.2) is 9.38 Å². The molecule has 0 unspecified atom stereocenters. The topological polar surface area (TPSA) is 30.4 Å². The molecule has 3 nitrogen and oxygen atoms in total. The third-order valence-corrected chi connectivity index (χ3v) is 2.73. The quantitative estimate of drug-likeness (QED) is 0.658. The summed E-state index contributed by atoms with van der Waals surface area (Å²) in [4.78, 5) is 4.37. The van der Waals surface area contributed by atoms with Gasteiger partial charge in [-0.3, -0.25) is 0 Å². The first-order valence-electron chi connectivity index (χ1n) is 4.62. The molecule has 0 atom stereocenters. The third-order valence-electron chi connectivity index (χ3n) is 2.25. The van der Waals surface area contributed by atoms with Gasteiger partial charge in [0.1, 0.15) is 5.69 Å². The van der Waals surface area contributed by atoms with Crippen molar-refractivity contribution < 1.29 is 4.42 Å². The number of fused-ring (bicyclic) bond motifs is 1. The summed E-state index contributed by atoms with van der Waals surface area (Å²) in [6.45, 7) is 0. The fourth-order valence-corrected chi connectivity index (χ4v) is 2.09. The monoisotopic (exact) mass is 252 g/mol. The fraction of sp³-hybridized carbons (Fsp3) is 0. The molecule has 0 aliphatic rings. The molecule has 3 aromatic heterocycles. The standard InChI is InChI=1S/C11H6Cl2N2O/c12-7-4-8(13)11-14-9(6-15(11)5-7)10-2-1-3-16-10/h1-6H. The summed E-state index contributed by atoms with van der Waals surface area (Å²) in [7, 11) is 0. The largest absolute Gasteiger partial charge is 0.463 e. The molecule has 3 heterocycles. The van der Waals surface area contributed by atoms with Crippen LogP contribution in [-0.2, 0) is 0 Å². The summed E-state index contributed by atoms with van der Waals surface area (Å²) in [6.07, 6.45) is 5.18. The Balaban J connectivity index is 2.27. The minimum Gasteiger partial charge on any atom is -0.463 e. The Labute approximate surface area is 101 Å². The van der Waals surface area contributed by atoms with E-state index >= 15 is 0 Å². The highest BCUT2D eigenvalue weighted by molar-refractivity contribution is 6.36. The molecule has 0 fully saturated rings. The van der Waals surface area contributed by atoms with Gasteiger partial charge in [-0.1, -0.05) is 23.2 Å². The van der Waals surface area contributed by atoms with E-state index in [9.17, 15) is 0 Å². The van der Waals surface area contributed by atoms with Gasteiger partial charge < -0.3 is 8.82 Å². The van der Waals surface area contributed by atoms with Gasteiger partial charge in [0.2, 0.25) is 0 Å². The molecular formula is C11H6Cl2N2O. The number of hydrogen-bond donors (Lipinski definition) is 0. The van der Waals surface area contributed by atoms with E-state index in [1.807, 2.05) is 18.3 Å². The number of rotatable bonds is 1. The lowest BCUT2D eigenvalue weighted by atomic mass is 10.4. The van der Waals surface area contributed by atoms with E-state index in [4.69, 9.17) is 27.6 Å². The first-order chi connectivity index (χ1) is 7.74. The third kappa shape index (κ3) is 1.49. The maximum atomic E-state index is 6.04. The summed E-state index contributed by atoms with van der Waals surface area (Å²) in [5.74, 6) is 0.705. The molecule has 0 aliphatic heterocycles. The normalized spacial score (nSPS) is 11.1. The van der Waals surface area contributed by atoms with Crippen LogP contribution in [0, 0.1) is 0 Å². The molecule has 0 spiro atoms. The van der Waals surface area contributed by atoms with Crippen LogP contribution < -0.4 is 0 Å². The van der Waals surface area contributed by atoms with Gasteiger partial charge in [0, 0.05) is 12.4 Å². The number of halogens is 2. The smallest absolute Gasteiger partial charge is 0.156 e. The van der Waals surface area contributed by atoms with Gasteiger partial charge in [0.25, 0.3) is 0 Å². The van der Waals surface area contributed by atoms with Crippen molar-refractivity contribution in [2.75, 3.05) is 0 Å². The van der Waals surface area contributed by atoms with Gasteiger partial charge in [-0.15, -0.1) is 0 Å². The van der Waals surface area contributed by atoms with E-state index in [-0.39, 0.29) is 0 Å². The highest BCUT2D eigenvalue weighted by Gasteiger charge is 2.09. The zero-order valence-electron chi connectivity index (χ0n) is 8.02. The molecule has 16 heavy (non-hydrogen) atoms. The molecule has 0 radical (unpaired) electrons. The minimum atomic E-state index is 0.519. The second-order valence-corrected chi connectivity index (χ2v) is 4.18. The molecule has 0 amide bonds. The fourth-order valence-electron chi connectivity index (χ4n) is 1.57. The summed E-state index contributed by atoms with van der Waals surface area (Å²) in [5, 5.41) is 1.09. The predicted octanol–water partition coefficient (Wildman–Crippen LogP) is 3.90. The van der Waals surface area contributed by atoms with Gasteiger partial charge in [-0.25, -0.2) is 4.98 Å². The van der Waals surface area contributed by atoms with Crippen LogP contribution in [0.4, 0.5) is 0 Å². The SMILES string of the molecule is Clc1cc(Cl)c2nc(-c3ccco3)cn2c1. The number of aromatic nitrogens is 2. The van der Waals surface area contributed by atoms with Crippen LogP contribution in [0.25, 0.3) is 17.1 Å². The molecule has 0 aliphatic carbocycles. The first kappa shape index (κ1) is 9.75. The maximum Gasteiger partial charge on any atom is 0.156 e. The van der Waals surface area contributed by atoms with Gasteiger partial charge in [-0.2, -0.15) is 0 Å². The van der Waals surface area contributed by atoms with Crippen molar-refractivity contribution in [3.05, 3.63) is 46.9 Å². The van der Waals surface area contributed by atoms with E-state index in [0.29, 0.717) is 21.5 Å². The Kier molecular flexibility index (Phi) is 2.16. The Morgan fingerprint density at radius 2 is 2.12 bits per heavy atom. The highest BCUT2D eigenvalue weighted by atomic mass is 35.5. The Morgan fingerprint density at radius 1 is 1.25 bits per heavy atom. The van der Waals surface area contributed by atoms with Crippen LogP contribution in [0.15, 0.2) is 41.3 Å². The molecule has 80 valence electrons. The van der Waals surface area contributed by atoms with E-state index in [1.165, 1.54) is 0 Å². The van der Waals surface area contributed by atoms with Crippen molar-refractivity contribution in [2.45, 2.75) is 0 Å². The maximum absolute atomic E-state index is 6.04. The Hall–Kier alpha value is -1.45. The van der Waals surface area contributed by atoms with Gasteiger partial charge in [0.15, 0.2) is 11.4 Å². The van der Waals surface area contributed by atoms with Crippen molar-refractivity contribution >= 4 is 28.8 Å². The summed E-state index contributed by atoms with van der Waals surface area (Å²) >= 11 is 11.9. The lowest BCUT2D eigenvalue weighted by molar-refractivity contribution is 0.580. The molecule has 0 saturated carbocycles. The Morgan fingerprint density at radius 3 is 2.88 bits per heavy atom. The minimum absolute atomic E-state index is 0.519. The second-order valence-electron chi connectivity index (χ2n) is 3.34. The molecule has 0 aromatic carbocycles. The molecule has 3 rings (SSSR count). The van der Waals surface area contributed by atoms with Crippen LogP contribution in [0.1, 0.15) is 0 Å². The van der Waals surface area contributed by atoms with Crippen LogP contribution in [0.2, 0.25) is 10.0 Å². The van der Waals surface area contributed by atoms with Gasteiger partial charge in [-0.05, 0) is 18.2 Å². The van der Waals surface area contributed by atoms with Crippen molar-refractivity contribution in [3.8, 4) is 11.5 Å². The predicted molar refractivity (Wildman–Crippen MR) is 62.9 cm³/mol. The molecule has 0 saturated heterocycles. The van der Waals surface area contributed by atoms with E-state index in [1.54, 1.807) is 22.9 Å². The number of imidazole rings is 1. The average molecular weight is 253 g/mol.